The third-order valence-corrected chi connectivity index (χ3v) is 7.74. The van der Waals surface area contributed by atoms with E-state index in [0.717, 1.165) is 56.2 Å². The predicted octanol–water partition coefficient (Wildman–Crippen LogP) is 4.30. The van der Waals surface area contributed by atoms with Gasteiger partial charge in [0, 0.05) is 10.5 Å². The molecule has 1 saturated carbocycles. The molecule has 7 heteroatoms. The summed E-state index contributed by atoms with van der Waals surface area (Å²) >= 11 is 1.53. The van der Waals surface area contributed by atoms with Crippen molar-refractivity contribution in [3.05, 3.63) is 53.8 Å². The van der Waals surface area contributed by atoms with Gasteiger partial charge in [0.15, 0.2) is 11.6 Å². The van der Waals surface area contributed by atoms with Crippen LogP contribution in [0, 0.1) is 11.2 Å². The second-order valence-corrected chi connectivity index (χ2v) is 9.73. The van der Waals surface area contributed by atoms with E-state index in [1.807, 2.05) is 12.1 Å². The summed E-state index contributed by atoms with van der Waals surface area (Å²) in [4.78, 5) is 24.1. The van der Waals surface area contributed by atoms with E-state index >= 15 is 0 Å². The van der Waals surface area contributed by atoms with Crippen molar-refractivity contribution in [3.8, 4) is 11.5 Å². The van der Waals surface area contributed by atoms with Crippen LogP contribution in [0.3, 0.4) is 0 Å². The van der Waals surface area contributed by atoms with Gasteiger partial charge in [-0.05, 0) is 93.1 Å². The van der Waals surface area contributed by atoms with Gasteiger partial charge in [-0.15, -0.1) is 11.8 Å². The van der Waals surface area contributed by atoms with E-state index in [9.17, 15) is 14.0 Å². The number of piperidine rings is 1. The number of hydrogen-bond donors (Lipinski definition) is 2. The lowest BCUT2D eigenvalue weighted by atomic mass is 9.77. The molecule has 1 atom stereocenters. The number of amides is 1. The van der Waals surface area contributed by atoms with E-state index in [1.165, 1.54) is 23.9 Å². The van der Waals surface area contributed by atoms with Gasteiger partial charge in [0.05, 0.1) is 4.75 Å². The Morgan fingerprint density at radius 2 is 1.83 bits per heavy atom. The molecule has 2 fully saturated rings. The maximum atomic E-state index is 14.0. The van der Waals surface area contributed by atoms with Crippen LogP contribution >= 0.6 is 11.8 Å². The maximum Gasteiger partial charge on any atom is 0.234 e. The number of hydrogen-bond acceptors (Lipinski definition) is 5. The summed E-state index contributed by atoms with van der Waals surface area (Å²) in [5, 5.41) is 3.40. The highest BCUT2D eigenvalue weighted by atomic mass is 32.2. The summed E-state index contributed by atoms with van der Waals surface area (Å²) in [5.41, 5.74) is 6.34. The van der Waals surface area contributed by atoms with Crippen LogP contribution in [0.1, 0.15) is 42.5 Å². The molecule has 3 N–H and O–H groups in total. The van der Waals surface area contributed by atoms with Crippen molar-refractivity contribution in [2.75, 3.05) is 13.1 Å². The number of carbonyl (C=O) groups excluding carboxylic acids is 2. The van der Waals surface area contributed by atoms with Crippen molar-refractivity contribution in [1.82, 2.24) is 5.32 Å². The van der Waals surface area contributed by atoms with Crippen LogP contribution in [0.2, 0.25) is 0 Å². The molecule has 1 saturated heterocycles. The van der Waals surface area contributed by atoms with E-state index in [2.05, 4.69) is 5.32 Å². The molecule has 0 bridgehead atoms. The van der Waals surface area contributed by atoms with Crippen LogP contribution < -0.4 is 15.8 Å². The molecule has 1 aliphatic carbocycles. The van der Waals surface area contributed by atoms with Gasteiger partial charge in [0.25, 0.3) is 0 Å². The first-order valence-corrected chi connectivity index (χ1v) is 11.0. The van der Waals surface area contributed by atoms with Crippen molar-refractivity contribution >= 4 is 24.0 Å². The molecule has 158 valence electrons. The number of carbonyl (C=O) groups is 2. The molecule has 2 aromatic rings. The zero-order valence-corrected chi connectivity index (χ0v) is 17.5. The molecule has 1 spiro atoms. The summed E-state index contributed by atoms with van der Waals surface area (Å²) in [7, 11) is 0. The Morgan fingerprint density at radius 1 is 1.10 bits per heavy atom. The SMILES string of the molecule is NC(=O)C1(Sc2ccc(Oc3ccc(C=O)cc3F)cc2)CCC2(CCNCC2)C1. The van der Waals surface area contributed by atoms with Crippen molar-refractivity contribution in [3.63, 3.8) is 0 Å². The molecule has 1 unspecified atom stereocenters. The highest BCUT2D eigenvalue weighted by Gasteiger charge is 2.52. The molecule has 30 heavy (non-hydrogen) atoms. The number of rotatable bonds is 6. The molecule has 5 nitrogen and oxygen atoms in total. The molecule has 1 aliphatic heterocycles. The number of primary amides is 1. The minimum atomic E-state index is -0.594. The Morgan fingerprint density at radius 3 is 2.47 bits per heavy atom. The third kappa shape index (κ3) is 4.23. The number of benzene rings is 2. The fraction of sp³-hybridized carbons (Fsp3) is 0.391. The summed E-state index contributed by atoms with van der Waals surface area (Å²) in [5.74, 6) is -0.311. The van der Waals surface area contributed by atoms with E-state index in [1.54, 1.807) is 12.1 Å². The summed E-state index contributed by atoms with van der Waals surface area (Å²) < 4.78 is 19.1. The summed E-state index contributed by atoms with van der Waals surface area (Å²) in [6.45, 7) is 1.99. The maximum absolute atomic E-state index is 14.0. The Bertz CT molecular complexity index is 944. The smallest absolute Gasteiger partial charge is 0.234 e. The topological polar surface area (TPSA) is 81.4 Å². The zero-order chi connectivity index (χ0) is 21.2. The van der Waals surface area contributed by atoms with Crippen LogP contribution in [0.25, 0.3) is 0 Å². The Labute approximate surface area is 179 Å². The molecule has 0 aromatic heterocycles. The number of nitrogens with two attached hydrogens (primary N) is 1. The fourth-order valence-corrected chi connectivity index (χ4v) is 5.99. The molecule has 0 radical (unpaired) electrons. The predicted molar refractivity (Wildman–Crippen MR) is 114 cm³/mol. The van der Waals surface area contributed by atoms with Gasteiger partial charge in [-0.1, -0.05) is 0 Å². The zero-order valence-electron chi connectivity index (χ0n) is 16.7. The van der Waals surface area contributed by atoms with Crippen LogP contribution in [0.15, 0.2) is 47.4 Å². The van der Waals surface area contributed by atoms with E-state index in [4.69, 9.17) is 10.5 Å². The Hall–Kier alpha value is -2.38. The molecular weight excluding hydrogens is 403 g/mol. The Kier molecular flexibility index (Phi) is 5.84. The van der Waals surface area contributed by atoms with Gasteiger partial charge in [0.1, 0.15) is 12.0 Å². The van der Waals surface area contributed by atoms with Gasteiger partial charge >= 0.3 is 0 Å². The standard InChI is InChI=1S/C23H25FN2O3S/c24-19-13-16(14-27)1-6-20(19)29-17-2-4-18(5-3-17)30-23(21(25)28)8-7-22(15-23)9-11-26-12-10-22/h1-6,13-14,26H,7-12,15H2,(H2,25,28). The summed E-state index contributed by atoms with van der Waals surface area (Å²) in [6, 6.07) is 11.3. The molecule has 4 rings (SSSR count). The van der Waals surface area contributed by atoms with Crippen LogP contribution in [0.5, 0.6) is 11.5 Å². The normalized spacial score (nSPS) is 22.7. The average molecular weight is 429 g/mol. The van der Waals surface area contributed by atoms with Gasteiger partial charge in [0.2, 0.25) is 5.91 Å². The van der Waals surface area contributed by atoms with Crippen molar-refractivity contribution in [2.45, 2.75) is 41.7 Å². The first-order chi connectivity index (χ1) is 14.4. The number of halogens is 1. The highest BCUT2D eigenvalue weighted by Crippen LogP contribution is 2.56. The first kappa shape index (κ1) is 20.9. The van der Waals surface area contributed by atoms with Gasteiger partial charge in [-0.3, -0.25) is 9.59 Å². The second kappa shape index (κ2) is 8.40. The first-order valence-electron chi connectivity index (χ1n) is 10.2. The highest BCUT2D eigenvalue weighted by molar-refractivity contribution is 8.01. The largest absolute Gasteiger partial charge is 0.454 e. The molecule has 2 aromatic carbocycles. The average Bonchev–Trinajstić information content (AvgIpc) is 3.10. The summed E-state index contributed by atoms with van der Waals surface area (Å²) in [6.07, 6.45) is 5.40. The van der Waals surface area contributed by atoms with Crippen LogP contribution in [-0.2, 0) is 4.79 Å². The van der Waals surface area contributed by atoms with Crippen molar-refractivity contribution in [2.24, 2.45) is 11.1 Å². The lowest BCUT2D eigenvalue weighted by Crippen LogP contribution is -2.42. The third-order valence-electron chi connectivity index (χ3n) is 6.29. The number of nitrogens with one attached hydrogen (secondary N) is 1. The quantitative estimate of drug-likeness (QED) is 0.671. The van der Waals surface area contributed by atoms with Crippen LogP contribution in [-0.4, -0.2) is 30.0 Å². The van der Waals surface area contributed by atoms with E-state index in [0.29, 0.717) is 12.0 Å². The minimum Gasteiger partial charge on any atom is -0.454 e. The molecule has 1 heterocycles. The second-order valence-electron chi connectivity index (χ2n) is 8.27. The monoisotopic (exact) mass is 428 g/mol. The lowest BCUT2D eigenvalue weighted by Gasteiger charge is -2.35. The lowest BCUT2D eigenvalue weighted by molar-refractivity contribution is -0.120. The van der Waals surface area contributed by atoms with Crippen LogP contribution in [0.4, 0.5) is 4.39 Å². The minimum absolute atomic E-state index is 0.0539. The van der Waals surface area contributed by atoms with Crippen molar-refractivity contribution < 1.29 is 18.7 Å². The van der Waals surface area contributed by atoms with E-state index < -0.39 is 10.6 Å². The Balaban J connectivity index is 1.47. The number of thioether (sulfide) groups is 1. The van der Waals surface area contributed by atoms with Gasteiger partial charge in [-0.2, -0.15) is 0 Å². The van der Waals surface area contributed by atoms with Gasteiger partial charge < -0.3 is 15.8 Å². The number of aldehydes is 1. The van der Waals surface area contributed by atoms with Gasteiger partial charge in [-0.25, -0.2) is 4.39 Å². The molecule has 2 aliphatic rings. The number of ether oxygens (including phenoxy) is 1. The molecular formula is C23H25FN2O3S. The molecule has 1 amide bonds. The van der Waals surface area contributed by atoms with Crippen molar-refractivity contribution in [1.29, 1.82) is 0 Å². The fourth-order valence-electron chi connectivity index (χ4n) is 4.58. The van der Waals surface area contributed by atoms with E-state index in [-0.39, 0.29) is 22.6 Å².